The Bertz CT molecular complexity index is 1540. The van der Waals surface area contributed by atoms with Crippen LogP contribution in [0, 0.1) is 31.6 Å². The van der Waals surface area contributed by atoms with Gasteiger partial charge in [-0.3, -0.25) is 24.1 Å². The molecular formula is C31H26ClNO5. The van der Waals surface area contributed by atoms with E-state index in [4.69, 9.17) is 11.6 Å². The molecule has 2 aromatic carbocycles. The standard InChI is InChI=1S/C31H26ClNO5/c1-14-10-17(11-15(2)28(14)35)25-20-8-9-21-26(22(20)13-23-24(34)12-16(3)29(36)27(23)25)31(38)33(30(21)37)19-6-4-18(32)5-7-19/h4-8,10-12,21-22,25-26,35H,9,13H2,1-3H3. The van der Waals surface area contributed by atoms with Crippen LogP contribution in [0.2, 0.25) is 5.02 Å². The summed E-state index contributed by atoms with van der Waals surface area (Å²) in [6.45, 7) is 5.25. The van der Waals surface area contributed by atoms with Crippen LogP contribution in [0.4, 0.5) is 5.69 Å². The predicted octanol–water partition coefficient (Wildman–Crippen LogP) is 5.30. The number of hydrogen-bond donors (Lipinski definition) is 1. The Morgan fingerprint density at radius 1 is 0.921 bits per heavy atom. The summed E-state index contributed by atoms with van der Waals surface area (Å²) >= 11 is 6.03. The monoisotopic (exact) mass is 527 g/mol. The van der Waals surface area contributed by atoms with Crippen LogP contribution in [0.1, 0.15) is 42.4 Å². The van der Waals surface area contributed by atoms with Gasteiger partial charge in [-0.25, -0.2) is 0 Å². The van der Waals surface area contributed by atoms with Crippen LogP contribution in [0.5, 0.6) is 5.75 Å². The highest BCUT2D eigenvalue weighted by molar-refractivity contribution is 6.31. The number of fused-ring (bicyclic) bond motifs is 3. The smallest absolute Gasteiger partial charge is 0.238 e. The first-order valence-corrected chi connectivity index (χ1v) is 13.1. The van der Waals surface area contributed by atoms with Gasteiger partial charge in [0.25, 0.3) is 0 Å². The van der Waals surface area contributed by atoms with E-state index in [9.17, 15) is 24.3 Å². The maximum absolute atomic E-state index is 13.9. The van der Waals surface area contributed by atoms with E-state index in [1.54, 1.807) is 45.0 Å². The van der Waals surface area contributed by atoms with Gasteiger partial charge < -0.3 is 5.11 Å². The summed E-state index contributed by atoms with van der Waals surface area (Å²) in [6.07, 6.45) is 3.98. The van der Waals surface area contributed by atoms with E-state index in [0.29, 0.717) is 45.0 Å². The highest BCUT2D eigenvalue weighted by atomic mass is 35.5. The summed E-state index contributed by atoms with van der Waals surface area (Å²) in [5, 5.41) is 10.9. The average molecular weight is 528 g/mol. The lowest BCUT2D eigenvalue weighted by Crippen LogP contribution is -2.39. The van der Waals surface area contributed by atoms with E-state index in [0.717, 1.165) is 11.1 Å². The summed E-state index contributed by atoms with van der Waals surface area (Å²) < 4.78 is 0. The van der Waals surface area contributed by atoms with Gasteiger partial charge >= 0.3 is 0 Å². The normalized spacial score (nSPS) is 26.7. The van der Waals surface area contributed by atoms with E-state index < -0.39 is 23.7 Å². The van der Waals surface area contributed by atoms with E-state index in [1.165, 1.54) is 11.0 Å². The number of rotatable bonds is 2. The summed E-state index contributed by atoms with van der Waals surface area (Å²) in [7, 11) is 0. The van der Waals surface area contributed by atoms with Crippen molar-refractivity contribution in [2.75, 3.05) is 4.90 Å². The number of amides is 2. The van der Waals surface area contributed by atoms with E-state index in [2.05, 4.69) is 0 Å². The lowest BCUT2D eigenvalue weighted by atomic mass is 9.59. The van der Waals surface area contributed by atoms with Crippen LogP contribution in [-0.4, -0.2) is 28.5 Å². The Morgan fingerprint density at radius 3 is 2.24 bits per heavy atom. The van der Waals surface area contributed by atoms with Gasteiger partial charge in [-0.15, -0.1) is 0 Å². The molecule has 0 aromatic heterocycles. The fourth-order valence-electron chi connectivity index (χ4n) is 6.74. The van der Waals surface area contributed by atoms with Crippen molar-refractivity contribution in [3.05, 3.63) is 92.6 Å². The number of phenols is 1. The number of aryl methyl sites for hydroxylation is 2. The number of benzene rings is 2. The number of allylic oxidation sites excluding steroid dienone is 6. The molecule has 1 saturated heterocycles. The fraction of sp³-hybridized carbons (Fsp3) is 0.290. The van der Waals surface area contributed by atoms with Crippen molar-refractivity contribution in [1.82, 2.24) is 0 Å². The second kappa shape index (κ2) is 8.63. The molecule has 1 fully saturated rings. The molecular weight excluding hydrogens is 502 g/mol. The van der Waals surface area contributed by atoms with Crippen LogP contribution >= 0.6 is 11.6 Å². The molecule has 0 spiro atoms. The zero-order chi connectivity index (χ0) is 27.0. The van der Waals surface area contributed by atoms with Crippen LogP contribution in [-0.2, 0) is 19.2 Å². The van der Waals surface area contributed by atoms with Gasteiger partial charge in [-0.1, -0.05) is 35.4 Å². The Hall–Kier alpha value is -3.77. The minimum Gasteiger partial charge on any atom is -0.507 e. The number of nitrogens with zero attached hydrogens (tertiary/aromatic N) is 1. The molecule has 7 heteroatoms. The van der Waals surface area contributed by atoms with Crippen molar-refractivity contribution in [3.8, 4) is 5.75 Å². The molecule has 0 bridgehead atoms. The first-order valence-electron chi connectivity index (χ1n) is 12.7. The summed E-state index contributed by atoms with van der Waals surface area (Å²) in [4.78, 5) is 55.4. The number of Topliss-reactive ketones (excluding diaryl/α,β-unsaturated/α-hetero) is 1. The Morgan fingerprint density at radius 2 is 1.58 bits per heavy atom. The topological polar surface area (TPSA) is 91.8 Å². The fourth-order valence-corrected chi connectivity index (χ4v) is 6.87. The SMILES string of the molecule is CC1=CC(=O)C2=C(C1=O)C(c1cc(C)c(O)c(C)c1)C1=CCC3C(=O)N(c4ccc(Cl)cc4)C(=O)C3C1C2. The Balaban J connectivity index is 1.50. The molecule has 1 N–H and O–H groups in total. The molecule has 4 atom stereocenters. The number of ketones is 2. The molecule has 4 unspecified atom stereocenters. The highest BCUT2D eigenvalue weighted by Crippen LogP contribution is 2.55. The predicted molar refractivity (Wildman–Crippen MR) is 143 cm³/mol. The molecule has 4 aliphatic rings. The third-order valence-corrected chi connectivity index (χ3v) is 8.75. The number of imide groups is 1. The van der Waals surface area contributed by atoms with E-state index in [1.807, 2.05) is 18.2 Å². The molecule has 0 radical (unpaired) electrons. The van der Waals surface area contributed by atoms with E-state index in [-0.39, 0.29) is 35.6 Å². The largest absolute Gasteiger partial charge is 0.507 e. The number of halogens is 1. The van der Waals surface area contributed by atoms with Gasteiger partial charge in [-0.2, -0.15) is 0 Å². The third kappa shape index (κ3) is 3.47. The summed E-state index contributed by atoms with van der Waals surface area (Å²) in [5.41, 5.74) is 4.75. The van der Waals surface area contributed by atoms with Crippen LogP contribution in [0.3, 0.4) is 0 Å². The second-order valence-corrected chi connectivity index (χ2v) is 11.2. The lowest BCUT2D eigenvalue weighted by Gasteiger charge is -2.42. The first kappa shape index (κ1) is 24.6. The molecule has 3 aliphatic carbocycles. The van der Waals surface area contributed by atoms with Crippen molar-refractivity contribution in [1.29, 1.82) is 0 Å². The molecule has 192 valence electrons. The average Bonchev–Trinajstić information content (AvgIpc) is 3.14. The summed E-state index contributed by atoms with van der Waals surface area (Å²) in [6, 6.07) is 10.3. The lowest BCUT2D eigenvalue weighted by molar-refractivity contribution is -0.123. The van der Waals surface area contributed by atoms with Crippen molar-refractivity contribution in [3.63, 3.8) is 0 Å². The van der Waals surface area contributed by atoms with E-state index >= 15 is 0 Å². The highest BCUT2D eigenvalue weighted by Gasteiger charge is 2.56. The third-order valence-electron chi connectivity index (χ3n) is 8.50. The van der Waals surface area contributed by atoms with Gasteiger partial charge in [0.05, 0.1) is 17.5 Å². The number of anilines is 1. The van der Waals surface area contributed by atoms with Crippen molar-refractivity contribution in [2.45, 2.75) is 39.5 Å². The van der Waals surface area contributed by atoms with Gasteiger partial charge in [0.2, 0.25) is 11.8 Å². The quantitative estimate of drug-likeness (QED) is 0.325. The van der Waals surface area contributed by atoms with Crippen LogP contribution in [0.25, 0.3) is 0 Å². The zero-order valence-electron chi connectivity index (χ0n) is 21.2. The van der Waals surface area contributed by atoms with Gasteiger partial charge in [0, 0.05) is 27.7 Å². The summed E-state index contributed by atoms with van der Waals surface area (Å²) in [5.74, 6) is -2.86. The number of carbonyl (C=O) groups excluding carboxylic acids is 4. The number of carbonyl (C=O) groups is 4. The molecule has 1 heterocycles. The first-order chi connectivity index (χ1) is 18.1. The minimum absolute atomic E-state index is 0.175. The maximum atomic E-state index is 13.9. The molecule has 6 rings (SSSR count). The molecule has 0 saturated carbocycles. The van der Waals surface area contributed by atoms with Gasteiger partial charge in [-0.05, 0) is 86.6 Å². The van der Waals surface area contributed by atoms with Gasteiger partial charge in [0.1, 0.15) is 5.75 Å². The molecule has 1 aliphatic heterocycles. The van der Waals surface area contributed by atoms with Crippen LogP contribution < -0.4 is 4.90 Å². The maximum Gasteiger partial charge on any atom is 0.238 e. The zero-order valence-corrected chi connectivity index (χ0v) is 22.0. The van der Waals surface area contributed by atoms with Crippen LogP contribution in [0.15, 0.2) is 70.8 Å². The Labute approximate surface area is 225 Å². The van der Waals surface area contributed by atoms with Crippen molar-refractivity contribution >= 4 is 40.7 Å². The second-order valence-electron chi connectivity index (χ2n) is 10.7. The number of hydrogen-bond acceptors (Lipinski definition) is 5. The molecule has 2 amide bonds. The van der Waals surface area contributed by atoms with Crippen molar-refractivity contribution < 1.29 is 24.3 Å². The molecule has 6 nitrogen and oxygen atoms in total. The molecule has 2 aromatic rings. The number of aromatic hydroxyl groups is 1. The minimum atomic E-state index is -0.635. The number of phenolic OH excluding ortho intramolecular Hbond substituents is 1. The Kier molecular flexibility index (Phi) is 5.58. The van der Waals surface area contributed by atoms with Gasteiger partial charge in [0.15, 0.2) is 11.6 Å². The molecule has 38 heavy (non-hydrogen) atoms. The van der Waals surface area contributed by atoms with Crippen molar-refractivity contribution in [2.24, 2.45) is 17.8 Å².